The van der Waals surface area contributed by atoms with Crippen LogP contribution in [0.3, 0.4) is 0 Å². The second kappa shape index (κ2) is 47.7. The number of hydrogen-bond acceptors (Lipinski definition) is 6. The van der Waals surface area contributed by atoms with Crippen LogP contribution in [-0.4, -0.2) is 37.2 Å². The van der Waals surface area contributed by atoms with Crippen LogP contribution in [0.1, 0.15) is 194 Å². The third-order valence-electron chi connectivity index (χ3n) is 9.55. The Morgan fingerprint density at radius 2 is 0.750 bits per heavy atom. The summed E-state index contributed by atoms with van der Waals surface area (Å²) in [6, 6.07) is 0. The summed E-state index contributed by atoms with van der Waals surface area (Å²) in [6.45, 7) is 6.25. The minimum Gasteiger partial charge on any atom is -0.462 e. The molecule has 0 radical (unpaired) electrons. The average Bonchev–Trinajstić information content (AvgIpc) is 3.24. The Hall–Kier alpha value is -3.93. The monoisotopic (exact) mass is 831 g/mol. The largest absolute Gasteiger partial charge is 0.462 e. The predicted octanol–water partition coefficient (Wildman–Crippen LogP) is 15.6. The summed E-state index contributed by atoms with van der Waals surface area (Å²) in [6.07, 6.45) is 63.6. The van der Waals surface area contributed by atoms with E-state index >= 15 is 0 Å². The van der Waals surface area contributed by atoms with Gasteiger partial charge in [-0.05, 0) is 96.3 Å². The summed E-state index contributed by atoms with van der Waals surface area (Å²) < 4.78 is 16.7. The van der Waals surface area contributed by atoms with E-state index in [1.165, 1.54) is 32.1 Å². The van der Waals surface area contributed by atoms with Gasteiger partial charge in [0.1, 0.15) is 13.2 Å². The molecule has 0 aliphatic heterocycles. The minimum atomic E-state index is -0.812. The van der Waals surface area contributed by atoms with E-state index in [4.69, 9.17) is 14.2 Å². The van der Waals surface area contributed by atoms with Crippen LogP contribution in [0.25, 0.3) is 0 Å². The first-order chi connectivity index (χ1) is 29.5. The van der Waals surface area contributed by atoms with Crippen LogP contribution in [0.4, 0.5) is 0 Å². The highest BCUT2D eigenvalue weighted by Gasteiger charge is 2.19. The molecule has 0 aliphatic rings. The number of rotatable bonds is 41. The standard InChI is InChI=1S/C54H86O6/c1-4-7-10-13-16-19-22-24-26-27-29-30-32-35-38-41-44-47-53(56)59-50-51(49-58-52(55)46-43-40-37-34-21-18-15-12-9-6-3)60-54(57)48-45-42-39-36-33-31-28-25-23-20-17-14-11-8-5-2/h7-8,10-11,14-20,23-24,26,29-30,35,38,51H,4-6,9,12-13,21-22,25,27-28,31-34,36-37,39-50H2,1-3H3/b10-7-,11-8-,17-14-,18-15-,19-16-,23-20-,26-24-,30-29-,38-35-. The lowest BCUT2D eigenvalue weighted by molar-refractivity contribution is -0.167. The molecule has 0 aromatic heterocycles. The van der Waals surface area contributed by atoms with E-state index in [0.29, 0.717) is 19.3 Å². The van der Waals surface area contributed by atoms with Crippen molar-refractivity contribution in [2.24, 2.45) is 0 Å². The summed E-state index contributed by atoms with van der Waals surface area (Å²) in [5, 5.41) is 0. The maximum absolute atomic E-state index is 12.8. The van der Waals surface area contributed by atoms with Gasteiger partial charge in [0.15, 0.2) is 6.10 Å². The molecule has 60 heavy (non-hydrogen) atoms. The second-order valence-electron chi connectivity index (χ2n) is 15.3. The molecule has 0 heterocycles. The Bertz CT molecular complexity index is 1280. The van der Waals surface area contributed by atoms with Crippen LogP contribution in [0.15, 0.2) is 109 Å². The summed E-state index contributed by atoms with van der Waals surface area (Å²) in [5.41, 5.74) is 0. The molecule has 1 unspecified atom stereocenters. The van der Waals surface area contributed by atoms with Gasteiger partial charge in [-0.2, -0.15) is 0 Å². The number of allylic oxidation sites excluding steroid dienone is 18. The Morgan fingerprint density at radius 1 is 0.367 bits per heavy atom. The van der Waals surface area contributed by atoms with Gasteiger partial charge in [-0.1, -0.05) is 188 Å². The molecular formula is C54H86O6. The van der Waals surface area contributed by atoms with Crippen LogP contribution in [0, 0.1) is 0 Å². The molecule has 0 spiro atoms. The third kappa shape index (κ3) is 45.2. The van der Waals surface area contributed by atoms with Gasteiger partial charge < -0.3 is 14.2 Å². The molecule has 0 N–H and O–H groups in total. The second-order valence-corrected chi connectivity index (χ2v) is 15.3. The van der Waals surface area contributed by atoms with Crippen molar-refractivity contribution < 1.29 is 28.6 Å². The molecule has 338 valence electrons. The van der Waals surface area contributed by atoms with Crippen LogP contribution in [-0.2, 0) is 28.6 Å². The highest BCUT2D eigenvalue weighted by molar-refractivity contribution is 5.71. The van der Waals surface area contributed by atoms with E-state index in [-0.39, 0.29) is 37.5 Å². The molecule has 0 fully saturated rings. The fraction of sp³-hybridized carbons (Fsp3) is 0.611. The lowest BCUT2D eigenvalue weighted by atomic mass is 10.1. The first-order valence-corrected chi connectivity index (χ1v) is 23.9. The number of unbranched alkanes of at least 4 members (excludes halogenated alkanes) is 14. The highest BCUT2D eigenvalue weighted by atomic mass is 16.6. The van der Waals surface area contributed by atoms with Crippen molar-refractivity contribution in [2.75, 3.05) is 13.2 Å². The van der Waals surface area contributed by atoms with Gasteiger partial charge in [-0.25, -0.2) is 0 Å². The zero-order valence-corrected chi connectivity index (χ0v) is 38.4. The SMILES string of the molecule is CC\C=C/C=C\C=C/CCCCCCCCCC(=O)OC(COC(=O)CCC/C=C\C/C=C\C/C=C\C/C=C\C/C=C\CC)COC(=O)CCCCCC/C=C\CCCC. The van der Waals surface area contributed by atoms with Gasteiger partial charge in [0, 0.05) is 19.3 Å². The first kappa shape index (κ1) is 56.1. The number of ether oxygens (including phenoxy) is 3. The molecule has 0 aromatic carbocycles. The topological polar surface area (TPSA) is 78.9 Å². The zero-order valence-electron chi connectivity index (χ0n) is 38.4. The summed E-state index contributed by atoms with van der Waals surface area (Å²) in [7, 11) is 0. The molecule has 6 nitrogen and oxygen atoms in total. The predicted molar refractivity (Wildman–Crippen MR) is 256 cm³/mol. The van der Waals surface area contributed by atoms with Gasteiger partial charge in [0.25, 0.3) is 0 Å². The van der Waals surface area contributed by atoms with E-state index in [1.54, 1.807) is 0 Å². The van der Waals surface area contributed by atoms with Crippen molar-refractivity contribution in [2.45, 2.75) is 200 Å². The molecule has 0 aromatic rings. The van der Waals surface area contributed by atoms with Crippen LogP contribution < -0.4 is 0 Å². The van der Waals surface area contributed by atoms with Crippen molar-refractivity contribution in [3.05, 3.63) is 109 Å². The van der Waals surface area contributed by atoms with Gasteiger partial charge in [-0.15, -0.1) is 0 Å². The highest BCUT2D eigenvalue weighted by Crippen LogP contribution is 2.13. The molecule has 0 aliphatic carbocycles. The molecule has 6 heteroatoms. The molecule has 1 atom stereocenters. The van der Waals surface area contributed by atoms with Crippen LogP contribution in [0.5, 0.6) is 0 Å². The Labute approximate surface area is 368 Å². The van der Waals surface area contributed by atoms with Crippen molar-refractivity contribution in [3.63, 3.8) is 0 Å². The molecule has 0 saturated carbocycles. The van der Waals surface area contributed by atoms with Gasteiger partial charge in [-0.3, -0.25) is 14.4 Å². The lowest BCUT2D eigenvalue weighted by Crippen LogP contribution is -2.30. The third-order valence-corrected chi connectivity index (χ3v) is 9.55. The first-order valence-electron chi connectivity index (χ1n) is 23.9. The molecule has 0 bridgehead atoms. The maximum atomic E-state index is 12.8. The summed E-state index contributed by atoms with van der Waals surface area (Å²) in [5.74, 6) is -1.01. The van der Waals surface area contributed by atoms with Crippen molar-refractivity contribution in [1.29, 1.82) is 0 Å². The minimum absolute atomic E-state index is 0.109. The number of esters is 3. The van der Waals surface area contributed by atoms with Crippen molar-refractivity contribution >= 4 is 17.9 Å². The van der Waals surface area contributed by atoms with E-state index in [2.05, 4.69) is 130 Å². The van der Waals surface area contributed by atoms with Gasteiger partial charge >= 0.3 is 17.9 Å². The quantitative estimate of drug-likeness (QED) is 0.0201. The van der Waals surface area contributed by atoms with Crippen LogP contribution in [0.2, 0.25) is 0 Å². The normalized spacial score (nSPS) is 13.1. The number of carbonyl (C=O) groups is 3. The van der Waals surface area contributed by atoms with Crippen LogP contribution >= 0.6 is 0 Å². The molecule has 0 amide bonds. The smallest absolute Gasteiger partial charge is 0.306 e. The Balaban J connectivity index is 4.51. The van der Waals surface area contributed by atoms with E-state index in [1.807, 2.05) is 0 Å². The molecule has 0 saturated heterocycles. The van der Waals surface area contributed by atoms with Crippen molar-refractivity contribution in [3.8, 4) is 0 Å². The number of carbonyl (C=O) groups excluding carboxylic acids is 3. The summed E-state index contributed by atoms with van der Waals surface area (Å²) in [4.78, 5) is 37.8. The Kier molecular flexibility index (Phi) is 44.6. The van der Waals surface area contributed by atoms with E-state index in [9.17, 15) is 14.4 Å². The average molecular weight is 831 g/mol. The Morgan fingerprint density at radius 3 is 1.28 bits per heavy atom. The lowest BCUT2D eigenvalue weighted by Gasteiger charge is -2.18. The van der Waals surface area contributed by atoms with Gasteiger partial charge in [0.2, 0.25) is 0 Å². The summed E-state index contributed by atoms with van der Waals surface area (Å²) >= 11 is 0. The van der Waals surface area contributed by atoms with E-state index in [0.717, 1.165) is 116 Å². The van der Waals surface area contributed by atoms with E-state index < -0.39 is 6.10 Å². The fourth-order valence-corrected chi connectivity index (χ4v) is 5.99. The number of hydrogen-bond donors (Lipinski definition) is 0. The molecular weight excluding hydrogens is 745 g/mol. The zero-order chi connectivity index (χ0) is 43.7. The maximum Gasteiger partial charge on any atom is 0.306 e. The fourth-order valence-electron chi connectivity index (χ4n) is 5.99. The van der Waals surface area contributed by atoms with Gasteiger partial charge in [0.05, 0.1) is 0 Å². The van der Waals surface area contributed by atoms with Crippen molar-refractivity contribution in [1.82, 2.24) is 0 Å². The molecule has 0 rings (SSSR count).